The number of aromatic nitrogens is 1. The van der Waals surface area contributed by atoms with Crippen LogP contribution in [-0.2, 0) is 11.8 Å². The standard InChI is InChI=1S/C22H26N2/c1-24-13-10-22-9-3-2-4-19(22)21(24)15-18-6-5-17(14-20(18)22)16-7-11-23-12-8-16/h5-8,11-12,14,19,21H,2-4,9-10,13,15H2,1H3/t19-,21+,22?/m1/s1. The second-order valence-corrected chi connectivity index (χ2v) is 8.12. The van der Waals surface area contributed by atoms with Crippen LogP contribution in [0.3, 0.4) is 0 Å². The fourth-order valence-electron chi connectivity index (χ4n) is 5.92. The first-order valence-electron chi connectivity index (χ1n) is 9.52. The van der Waals surface area contributed by atoms with Gasteiger partial charge in [0.15, 0.2) is 0 Å². The van der Waals surface area contributed by atoms with E-state index in [0.29, 0.717) is 5.41 Å². The Morgan fingerprint density at radius 2 is 1.92 bits per heavy atom. The quantitative estimate of drug-likeness (QED) is 0.773. The summed E-state index contributed by atoms with van der Waals surface area (Å²) in [6.07, 6.45) is 12.1. The minimum atomic E-state index is 0.450. The maximum atomic E-state index is 4.18. The van der Waals surface area contributed by atoms with E-state index in [1.54, 1.807) is 11.1 Å². The third-order valence-corrected chi connectivity index (χ3v) is 7.13. The van der Waals surface area contributed by atoms with Crippen LogP contribution in [0.2, 0.25) is 0 Å². The van der Waals surface area contributed by atoms with E-state index in [-0.39, 0.29) is 0 Å². The van der Waals surface area contributed by atoms with Crippen LogP contribution in [0.15, 0.2) is 42.7 Å². The van der Waals surface area contributed by atoms with E-state index >= 15 is 0 Å². The number of rotatable bonds is 1. The zero-order valence-corrected chi connectivity index (χ0v) is 14.5. The molecule has 2 aliphatic carbocycles. The van der Waals surface area contributed by atoms with Gasteiger partial charge in [0.25, 0.3) is 0 Å². The van der Waals surface area contributed by atoms with Gasteiger partial charge in [0, 0.05) is 23.9 Å². The van der Waals surface area contributed by atoms with Gasteiger partial charge in [-0.2, -0.15) is 0 Å². The van der Waals surface area contributed by atoms with Crippen molar-refractivity contribution in [3.63, 3.8) is 0 Å². The number of hydrogen-bond acceptors (Lipinski definition) is 2. The molecule has 3 atom stereocenters. The zero-order valence-electron chi connectivity index (χ0n) is 14.5. The van der Waals surface area contributed by atoms with E-state index in [4.69, 9.17) is 0 Å². The molecule has 2 heteroatoms. The summed E-state index contributed by atoms with van der Waals surface area (Å²) in [6.45, 7) is 1.26. The van der Waals surface area contributed by atoms with Crippen LogP contribution < -0.4 is 0 Å². The summed E-state index contributed by atoms with van der Waals surface area (Å²) in [6, 6.07) is 12.3. The highest BCUT2D eigenvalue weighted by molar-refractivity contribution is 5.65. The van der Waals surface area contributed by atoms with E-state index in [2.05, 4.69) is 47.3 Å². The maximum absolute atomic E-state index is 4.18. The summed E-state index contributed by atoms with van der Waals surface area (Å²) in [5.41, 5.74) is 6.42. The van der Waals surface area contributed by atoms with E-state index in [1.807, 2.05) is 12.4 Å². The van der Waals surface area contributed by atoms with Gasteiger partial charge in [-0.15, -0.1) is 0 Å². The Balaban J connectivity index is 1.66. The second kappa shape index (κ2) is 5.42. The molecule has 1 aliphatic heterocycles. The van der Waals surface area contributed by atoms with Gasteiger partial charge >= 0.3 is 0 Å². The first kappa shape index (κ1) is 14.7. The van der Waals surface area contributed by atoms with Crippen molar-refractivity contribution in [2.75, 3.05) is 13.6 Å². The molecular weight excluding hydrogens is 292 g/mol. The van der Waals surface area contributed by atoms with Crippen LogP contribution in [-0.4, -0.2) is 29.5 Å². The van der Waals surface area contributed by atoms with E-state index in [1.165, 1.54) is 56.2 Å². The molecule has 2 nitrogen and oxygen atoms in total. The summed E-state index contributed by atoms with van der Waals surface area (Å²) < 4.78 is 0. The Bertz CT molecular complexity index is 754. The summed E-state index contributed by atoms with van der Waals surface area (Å²) in [7, 11) is 2.35. The summed E-state index contributed by atoms with van der Waals surface area (Å²) in [4.78, 5) is 6.82. The van der Waals surface area contributed by atoms with Crippen molar-refractivity contribution in [3.05, 3.63) is 53.9 Å². The lowest BCUT2D eigenvalue weighted by Gasteiger charge is -2.58. The average molecular weight is 318 g/mol. The molecule has 1 saturated carbocycles. The third-order valence-electron chi connectivity index (χ3n) is 7.13. The molecule has 0 spiro atoms. The lowest BCUT2D eigenvalue weighted by atomic mass is 9.52. The highest BCUT2D eigenvalue weighted by atomic mass is 15.1. The Hall–Kier alpha value is -1.67. The third kappa shape index (κ3) is 2.02. The Morgan fingerprint density at radius 3 is 2.79 bits per heavy atom. The monoisotopic (exact) mass is 318 g/mol. The minimum absolute atomic E-state index is 0.450. The van der Waals surface area contributed by atoms with Crippen LogP contribution in [0.25, 0.3) is 11.1 Å². The molecule has 1 aromatic heterocycles. The molecule has 1 unspecified atom stereocenters. The first-order chi connectivity index (χ1) is 11.8. The smallest absolute Gasteiger partial charge is 0.0273 e. The van der Waals surface area contributed by atoms with Gasteiger partial charge in [-0.25, -0.2) is 0 Å². The van der Waals surface area contributed by atoms with Gasteiger partial charge in [0.05, 0.1) is 0 Å². The molecule has 2 heterocycles. The molecule has 0 N–H and O–H groups in total. The summed E-state index contributed by atoms with van der Waals surface area (Å²) >= 11 is 0. The van der Waals surface area contributed by atoms with Crippen LogP contribution in [0.1, 0.15) is 43.2 Å². The molecule has 2 fully saturated rings. The zero-order chi connectivity index (χ0) is 16.1. The number of benzene rings is 1. The van der Waals surface area contributed by atoms with Crippen molar-refractivity contribution in [2.24, 2.45) is 5.92 Å². The highest BCUT2D eigenvalue weighted by Gasteiger charge is 2.52. The fraction of sp³-hybridized carbons (Fsp3) is 0.500. The molecule has 3 aliphatic rings. The van der Waals surface area contributed by atoms with E-state index in [0.717, 1.165) is 12.0 Å². The lowest BCUT2D eigenvalue weighted by molar-refractivity contribution is 0.00290. The second-order valence-electron chi connectivity index (χ2n) is 8.12. The SMILES string of the molecule is CN1CCC23CCCC[C@@H]2[C@@H]1Cc1ccc(-c2ccncc2)cc13. The summed E-state index contributed by atoms with van der Waals surface area (Å²) in [5, 5.41) is 0. The number of likely N-dealkylation sites (tertiary alicyclic amines) is 1. The molecule has 0 radical (unpaired) electrons. The maximum Gasteiger partial charge on any atom is 0.0273 e. The van der Waals surface area contributed by atoms with Gasteiger partial charge in [-0.1, -0.05) is 31.0 Å². The van der Waals surface area contributed by atoms with Crippen LogP contribution in [0.5, 0.6) is 0 Å². The van der Waals surface area contributed by atoms with E-state index in [9.17, 15) is 0 Å². The van der Waals surface area contributed by atoms with E-state index < -0.39 is 0 Å². The van der Waals surface area contributed by atoms with Gasteiger partial charge < -0.3 is 4.90 Å². The molecule has 5 rings (SSSR count). The van der Waals surface area contributed by atoms with Crippen molar-refractivity contribution in [1.29, 1.82) is 0 Å². The van der Waals surface area contributed by atoms with Crippen molar-refractivity contribution in [1.82, 2.24) is 9.88 Å². The van der Waals surface area contributed by atoms with Crippen molar-refractivity contribution >= 4 is 0 Å². The lowest BCUT2D eigenvalue weighted by Crippen LogP contribution is -2.59. The Morgan fingerprint density at radius 1 is 1.04 bits per heavy atom. The topological polar surface area (TPSA) is 16.1 Å². The van der Waals surface area contributed by atoms with Crippen molar-refractivity contribution in [2.45, 2.75) is 50.0 Å². The number of piperidine rings is 1. The molecule has 24 heavy (non-hydrogen) atoms. The number of pyridine rings is 1. The molecule has 2 aromatic rings. The number of nitrogens with zero attached hydrogens (tertiary/aromatic N) is 2. The first-order valence-corrected chi connectivity index (χ1v) is 9.52. The number of likely N-dealkylation sites (N-methyl/N-ethyl adjacent to an activating group) is 1. The Labute approximate surface area is 144 Å². The molecule has 1 aromatic carbocycles. The predicted molar refractivity (Wildman–Crippen MR) is 98.0 cm³/mol. The van der Waals surface area contributed by atoms with Gasteiger partial charge in [0.1, 0.15) is 0 Å². The van der Waals surface area contributed by atoms with Crippen molar-refractivity contribution < 1.29 is 0 Å². The normalized spacial score (nSPS) is 32.0. The Kier molecular flexibility index (Phi) is 3.31. The number of fused-ring (bicyclic) bond motifs is 1. The largest absolute Gasteiger partial charge is 0.303 e. The van der Waals surface area contributed by atoms with Gasteiger partial charge in [0.2, 0.25) is 0 Å². The highest BCUT2D eigenvalue weighted by Crippen LogP contribution is 2.55. The minimum Gasteiger partial charge on any atom is -0.303 e. The number of hydrogen-bond donors (Lipinski definition) is 0. The molecule has 1 saturated heterocycles. The molecule has 2 bridgehead atoms. The fourth-order valence-corrected chi connectivity index (χ4v) is 5.92. The molecular formula is C22H26N2. The average Bonchev–Trinajstić information content (AvgIpc) is 2.65. The van der Waals surface area contributed by atoms with Crippen LogP contribution in [0, 0.1) is 5.92 Å². The molecule has 124 valence electrons. The van der Waals surface area contributed by atoms with Crippen LogP contribution in [0.4, 0.5) is 0 Å². The van der Waals surface area contributed by atoms with Crippen molar-refractivity contribution in [3.8, 4) is 11.1 Å². The van der Waals surface area contributed by atoms with Gasteiger partial charge in [-0.3, -0.25) is 4.98 Å². The molecule has 0 amide bonds. The van der Waals surface area contributed by atoms with Crippen LogP contribution >= 0.6 is 0 Å². The summed E-state index contributed by atoms with van der Waals surface area (Å²) in [5.74, 6) is 0.866. The predicted octanol–water partition coefficient (Wildman–Crippen LogP) is 4.44. The van der Waals surface area contributed by atoms with Gasteiger partial charge in [-0.05, 0) is 79.6 Å².